The standard InChI is InChI=1S/C14H12FN3O2/c1-10(11-5-7-12(15)8-6-11)16-17-13-3-2-4-14(9-13)18(19)20/h2-9,17H,1H3. The van der Waals surface area contributed by atoms with Gasteiger partial charge in [-0.15, -0.1) is 0 Å². The van der Waals surface area contributed by atoms with Gasteiger partial charge in [0.1, 0.15) is 5.82 Å². The minimum atomic E-state index is -0.471. The van der Waals surface area contributed by atoms with E-state index in [-0.39, 0.29) is 11.5 Å². The van der Waals surface area contributed by atoms with Gasteiger partial charge in [-0.1, -0.05) is 18.2 Å². The number of non-ortho nitro benzene ring substituents is 1. The van der Waals surface area contributed by atoms with Crippen molar-refractivity contribution in [3.8, 4) is 0 Å². The Hall–Kier alpha value is -2.76. The number of nitro groups is 1. The zero-order chi connectivity index (χ0) is 14.5. The van der Waals surface area contributed by atoms with E-state index in [0.717, 1.165) is 5.56 Å². The van der Waals surface area contributed by atoms with Gasteiger partial charge in [0.2, 0.25) is 0 Å². The van der Waals surface area contributed by atoms with Crippen molar-refractivity contribution >= 4 is 17.1 Å². The quantitative estimate of drug-likeness (QED) is 0.526. The number of hydrogen-bond acceptors (Lipinski definition) is 4. The van der Waals surface area contributed by atoms with E-state index >= 15 is 0 Å². The average molecular weight is 273 g/mol. The van der Waals surface area contributed by atoms with Crippen LogP contribution in [-0.4, -0.2) is 10.6 Å². The highest BCUT2D eigenvalue weighted by molar-refractivity contribution is 5.99. The number of halogens is 1. The summed E-state index contributed by atoms with van der Waals surface area (Å²) >= 11 is 0. The maximum Gasteiger partial charge on any atom is 0.271 e. The molecule has 2 rings (SSSR count). The zero-order valence-corrected chi connectivity index (χ0v) is 10.7. The highest BCUT2D eigenvalue weighted by Crippen LogP contribution is 2.17. The summed E-state index contributed by atoms with van der Waals surface area (Å²) in [7, 11) is 0. The minimum absolute atomic E-state index is 0.00960. The van der Waals surface area contributed by atoms with Crippen LogP contribution in [0.5, 0.6) is 0 Å². The Morgan fingerprint density at radius 2 is 1.95 bits per heavy atom. The largest absolute Gasteiger partial charge is 0.278 e. The maximum absolute atomic E-state index is 12.8. The SMILES string of the molecule is CC(=NNc1cccc([N+](=O)[O-])c1)c1ccc(F)cc1. The summed E-state index contributed by atoms with van der Waals surface area (Å²) < 4.78 is 12.8. The number of nitrogens with one attached hydrogen (secondary N) is 1. The van der Waals surface area contributed by atoms with Crippen molar-refractivity contribution < 1.29 is 9.31 Å². The Morgan fingerprint density at radius 1 is 1.25 bits per heavy atom. The summed E-state index contributed by atoms with van der Waals surface area (Å²) in [4.78, 5) is 10.2. The number of benzene rings is 2. The Balaban J connectivity index is 2.14. The second-order valence-corrected chi connectivity index (χ2v) is 4.12. The van der Waals surface area contributed by atoms with Crippen LogP contribution in [0.2, 0.25) is 0 Å². The van der Waals surface area contributed by atoms with Gasteiger partial charge in [0, 0.05) is 12.1 Å². The normalized spacial score (nSPS) is 11.2. The molecule has 0 saturated heterocycles. The molecule has 5 nitrogen and oxygen atoms in total. The third kappa shape index (κ3) is 3.38. The van der Waals surface area contributed by atoms with E-state index in [1.165, 1.54) is 24.3 Å². The van der Waals surface area contributed by atoms with Crippen molar-refractivity contribution in [3.05, 3.63) is 70.0 Å². The Bertz CT molecular complexity index is 654. The minimum Gasteiger partial charge on any atom is -0.278 e. The molecule has 0 heterocycles. The zero-order valence-electron chi connectivity index (χ0n) is 10.7. The van der Waals surface area contributed by atoms with Crippen LogP contribution in [0.25, 0.3) is 0 Å². The van der Waals surface area contributed by atoms with E-state index in [0.29, 0.717) is 11.4 Å². The molecule has 0 unspecified atom stereocenters. The Kier molecular flexibility index (Phi) is 4.05. The molecule has 0 aliphatic carbocycles. The second kappa shape index (κ2) is 5.92. The molecule has 0 atom stereocenters. The van der Waals surface area contributed by atoms with Crippen LogP contribution in [0.4, 0.5) is 15.8 Å². The van der Waals surface area contributed by atoms with Crippen LogP contribution in [0, 0.1) is 15.9 Å². The van der Waals surface area contributed by atoms with Crippen molar-refractivity contribution in [2.24, 2.45) is 5.10 Å². The number of nitrogens with zero attached hydrogens (tertiary/aromatic N) is 2. The van der Waals surface area contributed by atoms with E-state index in [1.807, 2.05) is 0 Å². The van der Waals surface area contributed by atoms with Gasteiger partial charge in [-0.3, -0.25) is 15.5 Å². The number of hydrogen-bond donors (Lipinski definition) is 1. The van der Waals surface area contributed by atoms with Crippen molar-refractivity contribution in [2.75, 3.05) is 5.43 Å². The summed E-state index contributed by atoms with van der Waals surface area (Å²) in [5.41, 5.74) is 4.66. The first-order chi connectivity index (χ1) is 9.56. The first-order valence-electron chi connectivity index (χ1n) is 5.87. The summed E-state index contributed by atoms with van der Waals surface area (Å²) in [6.45, 7) is 1.76. The van der Waals surface area contributed by atoms with Gasteiger partial charge in [0.25, 0.3) is 5.69 Å². The molecule has 0 aromatic heterocycles. The molecule has 6 heteroatoms. The first kappa shape index (κ1) is 13.7. The summed E-state index contributed by atoms with van der Waals surface area (Å²) in [5, 5.41) is 14.8. The molecular weight excluding hydrogens is 261 g/mol. The van der Waals surface area contributed by atoms with Gasteiger partial charge in [-0.25, -0.2) is 4.39 Å². The number of hydrazone groups is 1. The third-order valence-corrected chi connectivity index (χ3v) is 2.67. The van der Waals surface area contributed by atoms with Crippen molar-refractivity contribution in [3.63, 3.8) is 0 Å². The molecule has 0 aliphatic heterocycles. The molecule has 102 valence electrons. The van der Waals surface area contributed by atoms with E-state index in [4.69, 9.17) is 0 Å². The number of rotatable bonds is 4. The Morgan fingerprint density at radius 3 is 2.60 bits per heavy atom. The molecule has 0 fully saturated rings. The molecule has 0 amide bonds. The van der Waals surface area contributed by atoms with Gasteiger partial charge in [0.05, 0.1) is 16.3 Å². The summed E-state index contributed by atoms with van der Waals surface area (Å²) in [6, 6.07) is 12.0. The molecule has 0 radical (unpaired) electrons. The second-order valence-electron chi connectivity index (χ2n) is 4.12. The van der Waals surface area contributed by atoms with Crippen molar-refractivity contribution in [1.29, 1.82) is 0 Å². The monoisotopic (exact) mass is 273 g/mol. The first-order valence-corrected chi connectivity index (χ1v) is 5.87. The third-order valence-electron chi connectivity index (χ3n) is 2.67. The van der Waals surface area contributed by atoms with E-state index < -0.39 is 4.92 Å². The van der Waals surface area contributed by atoms with Gasteiger partial charge in [-0.2, -0.15) is 5.10 Å². The maximum atomic E-state index is 12.8. The van der Waals surface area contributed by atoms with E-state index in [9.17, 15) is 14.5 Å². The lowest BCUT2D eigenvalue weighted by Crippen LogP contribution is -2.00. The van der Waals surface area contributed by atoms with Crippen LogP contribution in [-0.2, 0) is 0 Å². The van der Waals surface area contributed by atoms with Gasteiger partial charge in [0.15, 0.2) is 0 Å². The fourth-order valence-electron chi connectivity index (χ4n) is 1.59. The summed E-state index contributed by atoms with van der Waals surface area (Å²) in [6.07, 6.45) is 0. The van der Waals surface area contributed by atoms with Crippen molar-refractivity contribution in [2.45, 2.75) is 6.92 Å². The lowest BCUT2D eigenvalue weighted by molar-refractivity contribution is -0.384. The fourth-order valence-corrected chi connectivity index (χ4v) is 1.59. The average Bonchev–Trinajstić information content (AvgIpc) is 2.46. The van der Waals surface area contributed by atoms with Gasteiger partial charge in [-0.05, 0) is 30.7 Å². The fraction of sp³-hybridized carbons (Fsp3) is 0.0714. The van der Waals surface area contributed by atoms with Crippen LogP contribution in [0.1, 0.15) is 12.5 Å². The molecule has 2 aromatic carbocycles. The highest BCUT2D eigenvalue weighted by Gasteiger charge is 2.05. The van der Waals surface area contributed by atoms with Crippen LogP contribution in [0.15, 0.2) is 53.6 Å². The lowest BCUT2D eigenvalue weighted by atomic mass is 10.1. The van der Waals surface area contributed by atoms with Gasteiger partial charge < -0.3 is 0 Å². The molecule has 0 bridgehead atoms. The Labute approximate surface area is 114 Å². The van der Waals surface area contributed by atoms with Crippen LogP contribution in [0.3, 0.4) is 0 Å². The molecule has 1 N–H and O–H groups in total. The predicted molar refractivity (Wildman–Crippen MR) is 75.3 cm³/mol. The molecule has 0 spiro atoms. The van der Waals surface area contributed by atoms with E-state index in [1.54, 1.807) is 31.2 Å². The topological polar surface area (TPSA) is 67.5 Å². The van der Waals surface area contributed by atoms with Crippen LogP contribution >= 0.6 is 0 Å². The van der Waals surface area contributed by atoms with Gasteiger partial charge >= 0.3 is 0 Å². The highest BCUT2D eigenvalue weighted by atomic mass is 19.1. The number of anilines is 1. The summed E-state index contributed by atoms with van der Waals surface area (Å²) in [5.74, 6) is -0.312. The van der Waals surface area contributed by atoms with Crippen LogP contribution < -0.4 is 5.43 Å². The number of nitro benzene ring substituents is 1. The van der Waals surface area contributed by atoms with Crippen molar-refractivity contribution in [1.82, 2.24) is 0 Å². The van der Waals surface area contributed by atoms with E-state index in [2.05, 4.69) is 10.5 Å². The molecule has 0 aliphatic rings. The molecule has 20 heavy (non-hydrogen) atoms. The molecular formula is C14H12FN3O2. The lowest BCUT2D eigenvalue weighted by Gasteiger charge is -2.03. The molecule has 0 saturated carbocycles. The smallest absolute Gasteiger partial charge is 0.271 e. The molecule has 2 aromatic rings. The predicted octanol–water partition coefficient (Wildman–Crippen LogP) is 3.57.